The number of rotatable bonds is 12. The van der Waals surface area contributed by atoms with Crippen molar-refractivity contribution in [3.8, 4) is 123 Å². The Kier molecular flexibility index (Phi) is 20.0. The van der Waals surface area contributed by atoms with Crippen molar-refractivity contribution in [2.24, 2.45) is 0 Å². The Bertz CT molecular complexity index is 7550. The summed E-state index contributed by atoms with van der Waals surface area (Å²) >= 11 is 3.87. The van der Waals surface area contributed by atoms with Crippen LogP contribution >= 0.6 is 15.9 Å². The molecule has 0 amide bonds. The lowest BCUT2D eigenvalue weighted by Crippen LogP contribution is -2.29. The van der Waals surface area contributed by atoms with Crippen LogP contribution in [0.1, 0.15) is 0 Å². The Balaban J connectivity index is 0.000000125. The van der Waals surface area contributed by atoms with Crippen LogP contribution in [0.3, 0.4) is 0 Å². The molecule has 18 aromatic carbocycles. The zero-order valence-corrected chi connectivity index (χ0v) is 66.5. The van der Waals surface area contributed by atoms with Crippen LogP contribution in [-0.4, -0.2) is 47.1 Å². The van der Waals surface area contributed by atoms with Crippen LogP contribution in [0.15, 0.2) is 430 Å². The average Bonchev–Trinajstić information content (AvgIpc) is 0.732. The average molecular weight is 1600 g/mol. The minimum absolute atomic E-state index is 0.390. The molecule has 0 saturated heterocycles. The molecule has 0 unspecified atom stereocenters. The molecule has 0 aliphatic carbocycles. The van der Waals surface area contributed by atoms with E-state index in [0.717, 1.165) is 82.9 Å². The monoisotopic (exact) mass is 1600 g/mol. The van der Waals surface area contributed by atoms with Gasteiger partial charge in [0.05, 0.1) is 22.8 Å². The smallest absolute Gasteiger partial charge is 0.423 e. The van der Waals surface area contributed by atoms with Crippen LogP contribution in [0.5, 0.6) is 0 Å². The first-order chi connectivity index (χ1) is 59.3. The Labute approximate surface area is 702 Å². The maximum Gasteiger partial charge on any atom is 0.488 e. The third-order valence-electron chi connectivity index (χ3n) is 22.7. The molecule has 0 fully saturated rings. The number of aromatic nitrogens is 6. The predicted octanol–water partition coefficient (Wildman–Crippen LogP) is 27.4. The molecule has 8 nitrogen and oxygen atoms in total. The van der Waals surface area contributed by atoms with Gasteiger partial charge in [-0.15, -0.1) is 0 Å². The molecule has 4 aromatic heterocycles. The number of hydrogen-bond acceptors (Lipinski definition) is 8. The summed E-state index contributed by atoms with van der Waals surface area (Å²) in [5.74, 6) is 1.19. The highest BCUT2D eigenvalue weighted by molar-refractivity contribution is 9.10. The van der Waals surface area contributed by atoms with Gasteiger partial charge >= 0.3 is 7.12 Å². The molecule has 0 saturated carbocycles. The molecule has 4 heterocycles. The molecule has 0 bridgehead atoms. The molecule has 564 valence electrons. The van der Waals surface area contributed by atoms with Crippen molar-refractivity contribution in [3.63, 3.8) is 0 Å². The molecule has 0 aliphatic heterocycles. The molecule has 10 heteroatoms. The fraction of sp³-hybridized carbons (Fsp3) is 0. The first-order valence-corrected chi connectivity index (χ1v) is 40.9. The van der Waals surface area contributed by atoms with Gasteiger partial charge in [-0.05, 0) is 195 Å². The van der Waals surface area contributed by atoms with Gasteiger partial charge in [-0.2, -0.15) is 0 Å². The number of fused-ring (bicyclic) bond motifs is 10. The van der Waals surface area contributed by atoms with Crippen LogP contribution < -0.4 is 5.46 Å². The van der Waals surface area contributed by atoms with E-state index in [1.165, 1.54) is 114 Å². The lowest BCUT2D eigenvalue weighted by atomic mass is 9.79. The molecule has 120 heavy (non-hydrogen) atoms. The van der Waals surface area contributed by atoms with Crippen molar-refractivity contribution in [1.82, 2.24) is 29.9 Å². The molecule has 0 atom stereocenters. The first-order valence-electron chi connectivity index (χ1n) is 40.1. The van der Waals surface area contributed by atoms with Gasteiger partial charge in [0.2, 0.25) is 0 Å². The topological polar surface area (TPSA) is 118 Å². The van der Waals surface area contributed by atoms with Crippen LogP contribution in [0.4, 0.5) is 0 Å². The lowest BCUT2D eigenvalue weighted by Gasteiger charge is -2.19. The summed E-state index contributed by atoms with van der Waals surface area (Å²) in [7, 11) is -1.56. The minimum Gasteiger partial charge on any atom is -0.423 e. The van der Waals surface area contributed by atoms with E-state index in [-0.39, 0.29) is 0 Å². The van der Waals surface area contributed by atoms with Gasteiger partial charge < -0.3 is 10.0 Å². The summed E-state index contributed by atoms with van der Waals surface area (Å²) in [6, 6.07) is 140. The molecular formula is C110H72BBrN6O2. The van der Waals surface area contributed by atoms with E-state index in [1.54, 1.807) is 30.6 Å². The van der Waals surface area contributed by atoms with E-state index in [1.807, 2.05) is 97.3 Å². The molecule has 0 aliphatic rings. The van der Waals surface area contributed by atoms with Crippen molar-refractivity contribution < 1.29 is 10.0 Å². The van der Waals surface area contributed by atoms with Crippen LogP contribution in [-0.2, 0) is 0 Å². The summed E-state index contributed by atoms with van der Waals surface area (Å²) in [5, 5.41) is 39.3. The van der Waals surface area contributed by atoms with Gasteiger partial charge in [0, 0.05) is 73.8 Å². The Hall–Kier alpha value is -15.0. The highest BCUT2D eigenvalue weighted by atomic mass is 79.9. The van der Waals surface area contributed by atoms with E-state index in [0.29, 0.717) is 22.7 Å². The largest absolute Gasteiger partial charge is 0.488 e. The zero-order valence-electron chi connectivity index (χ0n) is 64.9. The van der Waals surface area contributed by atoms with E-state index >= 15 is 0 Å². The SMILES string of the molecule is Brc1c2ccccc2c(-c2cccc3c2ccc2ccccc23)c2ccccc12.OB(O)c1cccc(-c2nc(-c3ccccc3)cc(-c3cccc(-c4cccnc4)c3)n2)c1.c1ccc(-c2cc(-c3cccc(-c4cccnc4)c3)nc(-c3cccc(-c4c5ccccc5c(-c5cccc6c5ccc5ccccc56)c5ccccc45)c3)n2)cc1. The van der Waals surface area contributed by atoms with Crippen LogP contribution in [0.2, 0.25) is 0 Å². The number of nitrogens with zero attached hydrogens (tertiary/aromatic N) is 6. The van der Waals surface area contributed by atoms with Crippen molar-refractivity contribution in [2.45, 2.75) is 0 Å². The Morgan fingerprint density at radius 2 is 0.525 bits per heavy atom. The Morgan fingerprint density at radius 3 is 0.958 bits per heavy atom. The molecule has 22 rings (SSSR count). The van der Waals surface area contributed by atoms with E-state index in [9.17, 15) is 10.0 Å². The zero-order chi connectivity index (χ0) is 80.4. The van der Waals surface area contributed by atoms with Crippen LogP contribution in [0, 0.1) is 0 Å². The molecule has 2 N–H and O–H groups in total. The van der Waals surface area contributed by atoms with Gasteiger partial charge in [-0.3, -0.25) is 9.97 Å². The Morgan fingerprint density at radius 1 is 0.208 bits per heavy atom. The minimum atomic E-state index is -1.56. The molecule has 0 spiro atoms. The second-order valence-corrected chi connectivity index (χ2v) is 30.7. The van der Waals surface area contributed by atoms with Crippen molar-refractivity contribution in [2.75, 3.05) is 0 Å². The van der Waals surface area contributed by atoms with Crippen molar-refractivity contribution in [3.05, 3.63) is 430 Å². The normalized spacial score (nSPS) is 11.3. The molecule has 22 aromatic rings. The quantitative estimate of drug-likeness (QED) is 0.0706. The van der Waals surface area contributed by atoms with E-state index in [2.05, 4.69) is 323 Å². The maximum atomic E-state index is 9.61. The van der Waals surface area contributed by atoms with Crippen LogP contribution in [0.25, 0.3) is 210 Å². The number of benzene rings is 18. The van der Waals surface area contributed by atoms with Gasteiger partial charge in [0.25, 0.3) is 0 Å². The highest BCUT2D eigenvalue weighted by Gasteiger charge is 2.23. The van der Waals surface area contributed by atoms with Gasteiger partial charge in [0.15, 0.2) is 11.6 Å². The fourth-order valence-electron chi connectivity index (χ4n) is 17.0. The maximum absolute atomic E-state index is 9.61. The van der Waals surface area contributed by atoms with Gasteiger partial charge in [0.1, 0.15) is 0 Å². The number of halogens is 1. The summed E-state index contributed by atoms with van der Waals surface area (Å²) in [6.07, 6.45) is 7.30. The predicted molar refractivity (Wildman–Crippen MR) is 503 cm³/mol. The van der Waals surface area contributed by atoms with Gasteiger partial charge in [-0.1, -0.05) is 358 Å². The standard InChI is InChI=1S/C55H35N3.C28H17Br.C27H20BN3O2/c1-2-15-37(16-3-1)51-34-52(39-18-10-17-38(32-39)42-21-13-31-56-35-42)58-55(57-51)41-20-11-19-40(33-41)53-47-23-6-8-25-49(47)54(50-26-9-7-24-48(50)53)46-28-12-27-44-43-22-5-4-14-36(43)29-30-45(44)46;29-28-25-12-5-3-10-23(25)27(24-11-4-6-13-26(24)28)22-15-7-14-20-19-9-2-1-8-18(19)16-17-21(20)22;32-28(33)24-13-5-11-22(16-24)27-30-25(19-7-2-1-3-8-19)17-26(31-27)21-10-4-9-20(15-21)23-12-6-14-29-18-23/h1-35H;1-17H;1-18,32-33H. The lowest BCUT2D eigenvalue weighted by molar-refractivity contribution is 0.426. The summed E-state index contributed by atoms with van der Waals surface area (Å²) in [6.45, 7) is 0. The molecule has 0 radical (unpaired) electrons. The second kappa shape index (κ2) is 32.6. The summed E-state index contributed by atoms with van der Waals surface area (Å²) < 4.78 is 1.16. The third-order valence-corrected chi connectivity index (χ3v) is 23.5. The van der Waals surface area contributed by atoms with Gasteiger partial charge in [-0.25, -0.2) is 19.9 Å². The second-order valence-electron chi connectivity index (χ2n) is 29.9. The van der Waals surface area contributed by atoms with Crippen molar-refractivity contribution >= 4 is 115 Å². The number of hydrogen-bond donors (Lipinski definition) is 2. The molecular weight excluding hydrogens is 1530 g/mol. The third kappa shape index (κ3) is 14.4. The first kappa shape index (κ1) is 73.8. The number of pyridine rings is 2. The van der Waals surface area contributed by atoms with E-state index < -0.39 is 7.12 Å². The summed E-state index contributed by atoms with van der Waals surface area (Å²) in [5.41, 5.74) is 21.0. The highest BCUT2D eigenvalue weighted by Crippen LogP contribution is 2.49. The fourth-order valence-corrected chi connectivity index (χ4v) is 17.7. The van der Waals surface area contributed by atoms with E-state index in [4.69, 9.17) is 19.9 Å². The van der Waals surface area contributed by atoms with Crippen molar-refractivity contribution in [1.29, 1.82) is 0 Å². The summed E-state index contributed by atoms with van der Waals surface area (Å²) in [4.78, 5) is 28.7.